The number of carbonyl (C=O) groups excluding carboxylic acids is 2. The fourth-order valence-corrected chi connectivity index (χ4v) is 7.51. The van der Waals surface area contributed by atoms with Crippen molar-refractivity contribution in [3.05, 3.63) is 53.9 Å². The first-order chi connectivity index (χ1) is 19.1. The fraction of sp³-hybridized carbons (Fsp3) is 0.581. The zero-order valence-electron chi connectivity index (χ0n) is 23.2. The van der Waals surface area contributed by atoms with Gasteiger partial charge in [0.2, 0.25) is 0 Å². The summed E-state index contributed by atoms with van der Waals surface area (Å²) in [5, 5.41) is 0. The third-order valence-electron chi connectivity index (χ3n) is 9.41. The topological polar surface area (TPSA) is 68.7 Å². The van der Waals surface area contributed by atoms with E-state index in [9.17, 15) is 22.8 Å². The molecule has 0 radical (unpaired) electrons. The summed E-state index contributed by atoms with van der Waals surface area (Å²) in [6, 6.07) is 9.08. The van der Waals surface area contributed by atoms with Crippen molar-refractivity contribution in [1.29, 1.82) is 0 Å². The normalized spacial score (nSPS) is 29.8. The van der Waals surface area contributed by atoms with Gasteiger partial charge in [0.15, 0.2) is 0 Å². The number of aromatic nitrogens is 1. The molecule has 1 aromatic carbocycles. The van der Waals surface area contributed by atoms with Crippen molar-refractivity contribution in [2.45, 2.75) is 70.7 Å². The molecule has 2 heterocycles. The summed E-state index contributed by atoms with van der Waals surface area (Å²) in [5.41, 5.74) is 1.32. The Hall–Kier alpha value is -3.10. The molecule has 1 aromatic heterocycles. The lowest BCUT2D eigenvalue weighted by atomic mass is 9.56. The number of alkyl halides is 3. The minimum atomic E-state index is -4.39. The van der Waals surface area contributed by atoms with Crippen LogP contribution in [0, 0.1) is 29.6 Å². The number of halogens is 3. The van der Waals surface area contributed by atoms with Gasteiger partial charge in [0.1, 0.15) is 6.10 Å². The molecule has 2 aromatic rings. The van der Waals surface area contributed by atoms with E-state index in [0.29, 0.717) is 41.9 Å². The van der Waals surface area contributed by atoms with Gasteiger partial charge in [-0.1, -0.05) is 18.2 Å². The van der Waals surface area contributed by atoms with Crippen LogP contribution < -0.4 is 0 Å². The Morgan fingerprint density at radius 1 is 1.15 bits per heavy atom. The summed E-state index contributed by atoms with van der Waals surface area (Å²) in [6.07, 6.45) is 1.92. The molecule has 1 saturated heterocycles. The highest BCUT2D eigenvalue weighted by molar-refractivity contribution is 5.75. The van der Waals surface area contributed by atoms with Crippen LogP contribution in [0.25, 0.3) is 11.1 Å². The van der Waals surface area contributed by atoms with Crippen molar-refractivity contribution < 1.29 is 32.2 Å². The molecule has 2 saturated carbocycles. The molecule has 3 fully saturated rings. The van der Waals surface area contributed by atoms with Crippen LogP contribution >= 0.6 is 0 Å². The molecule has 216 valence electrons. The molecular formula is C31H37F3N2O4. The maximum absolute atomic E-state index is 13.1. The number of benzene rings is 1. The number of fused-ring (bicyclic) bond motifs is 2. The molecule has 3 aliphatic rings. The van der Waals surface area contributed by atoms with Gasteiger partial charge in [-0.25, -0.2) is 4.79 Å². The van der Waals surface area contributed by atoms with Crippen LogP contribution in [0.3, 0.4) is 0 Å². The number of hydrogen-bond acceptors (Lipinski definition) is 5. The van der Waals surface area contributed by atoms with Gasteiger partial charge in [-0.2, -0.15) is 13.2 Å². The average molecular weight is 559 g/mol. The summed E-state index contributed by atoms with van der Waals surface area (Å²) >= 11 is 0. The minimum absolute atomic E-state index is 0.0948. The molecule has 0 bridgehead atoms. The first kappa shape index (κ1) is 28.4. The molecule has 0 unspecified atom stereocenters. The van der Waals surface area contributed by atoms with E-state index in [1.807, 2.05) is 19.1 Å². The number of pyridine rings is 1. The molecule has 1 amide bonds. The molecule has 0 spiro atoms. The number of cyclic esters (lactones) is 1. The van der Waals surface area contributed by atoms with Crippen LogP contribution in [0.1, 0.15) is 57.2 Å². The fourth-order valence-electron chi connectivity index (χ4n) is 7.51. The Kier molecular flexibility index (Phi) is 8.11. The number of carbonyl (C=O) groups is 2. The van der Waals surface area contributed by atoms with Crippen molar-refractivity contribution in [3.8, 4) is 11.1 Å². The zero-order chi connectivity index (χ0) is 28.6. The zero-order valence-corrected chi connectivity index (χ0v) is 23.2. The van der Waals surface area contributed by atoms with E-state index < -0.39 is 11.7 Å². The lowest BCUT2D eigenvalue weighted by molar-refractivity contribution is -0.144. The van der Waals surface area contributed by atoms with E-state index in [-0.39, 0.29) is 36.0 Å². The Balaban J connectivity index is 1.29. The number of hydrogen-bond donors (Lipinski definition) is 0. The monoisotopic (exact) mass is 558 g/mol. The highest BCUT2D eigenvalue weighted by Crippen LogP contribution is 2.54. The second kappa shape index (κ2) is 11.4. The highest BCUT2D eigenvalue weighted by Gasteiger charge is 2.55. The number of aryl methyl sites for hydroxylation is 1. The Labute approximate surface area is 233 Å². The molecule has 40 heavy (non-hydrogen) atoms. The lowest BCUT2D eigenvalue weighted by Gasteiger charge is -2.49. The second-order valence-electron chi connectivity index (χ2n) is 11.6. The number of rotatable bonds is 6. The predicted octanol–water partition coefficient (Wildman–Crippen LogP) is 6.77. The van der Waals surface area contributed by atoms with Crippen LogP contribution in [0.15, 0.2) is 42.6 Å². The van der Waals surface area contributed by atoms with Gasteiger partial charge < -0.3 is 14.4 Å². The summed E-state index contributed by atoms with van der Waals surface area (Å²) < 4.78 is 50.4. The third-order valence-corrected chi connectivity index (χ3v) is 9.41. The number of amides is 1. The largest absolute Gasteiger partial charge is 0.462 e. The third kappa shape index (κ3) is 5.70. The van der Waals surface area contributed by atoms with Gasteiger partial charge in [-0.3, -0.25) is 9.78 Å². The van der Waals surface area contributed by atoms with Crippen molar-refractivity contribution in [2.75, 3.05) is 13.7 Å². The molecule has 1 aliphatic heterocycles. The SMILES string of the molecule is CCOC(=O)N(C)[C@@H]1CC[C@@H]2[C@@H](C1)C[C@H]1C(=O)O[C@H](C)[C@H]1[C@H]2CCc1ccc(-c2cccc(C(F)(F)F)c2)cn1. The van der Waals surface area contributed by atoms with Gasteiger partial charge in [-0.15, -0.1) is 0 Å². The summed E-state index contributed by atoms with van der Waals surface area (Å²) in [6.45, 7) is 4.14. The van der Waals surface area contributed by atoms with Gasteiger partial charge in [0.05, 0.1) is 18.1 Å². The van der Waals surface area contributed by atoms with Crippen molar-refractivity contribution in [3.63, 3.8) is 0 Å². The van der Waals surface area contributed by atoms with E-state index >= 15 is 0 Å². The van der Waals surface area contributed by atoms with Gasteiger partial charge >= 0.3 is 18.2 Å². The molecular weight excluding hydrogens is 521 g/mol. The van der Waals surface area contributed by atoms with Crippen LogP contribution in [-0.2, 0) is 26.9 Å². The van der Waals surface area contributed by atoms with E-state index in [2.05, 4.69) is 4.98 Å². The Bertz CT molecular complexity index is 1220. The van der Waals surface area contributed by atoms with E-state index in [0.717, 1.165) is 49.9 Å². The van der Waals surface area contributed by atoms with Crippen LogP contribution in [0.5, 0.6) is 0 Å². The van der Waals surface area contributed by atoms with Crippen LogP contribution in [0.4, 0.5) is 18.0 Å². The van der Waals surface area contributed by atoms with Crippen LogP contribution in [-0.4, -0.2) is 47.7 Å². The van der Waals surface area contributed by atoms with Crippen molar-refractivity contribution in [1.82, 2.24) is 9.88 Å². The maximum atomic E-state index is 13.1. The molecule has 0 N–H and O–H groups in total. The molecule has 2 aliphatic carbocycles. The summed E-state index contributed by atoms with van der Waals surface area (Å²) in [4.78, 5) is 31.4. The van der Waals surface area contributed by atoms with Gasteiger partial charge in [0, 0.05) is 36.5 Å². The van der Waals surface area contributed by atoms with E-state index in [1.165, 1.54) is 6.07 Å². The van der Waals surface area contributed by atoms with Crippen molar-refractivity contribution in [2.24, 2.45) is 29.6 Å². The standard InChI is InChI=1S/C31H37F3N2O4/c1-4-39-30(38)36(3)24-11-13-25-21(15-24)16-27-28(18(2)40-29(27)37)26(25)12-10-23-9-8-20(17-35-23)19-6-5-7-22(14-19)31(32,33)34/h5-9,14,17-18,21,24-28H,4,10-13,15-16H2,1-3H3/t18-,21+,24-,25-,26+,27-,28+/m1/s1. The molecule has 7 atom stereocenters. The number of esters is 1. The molecule has 5 rings (SSSR count). The van der Waals surface area contributed by atoms with Gasteiger partial charge in [-0.05, 0) is 93.9 Å². The number of ether oxygens (including phenoxy) is 2. The lowest BCUT2D eigenvalue weighted by Crippen LogP contribution is -2.49. The Morgan fingerprint density at radius 3 is 2.65 bits per heavy atom. The highest BCUT2D eigenvalue weighted by atomic mass is 19.4. The summed E-state index contributed by atoms with van der Waals surface area (Å²) in [7, 11) is 1.80. The van der Waals surface area contributed by atoms with E-state index in [1.54, 1.807) is 31.1 Å². The first-order valence-corrected chi connectivity index (χ1v) is 14.3. The van der Waals surface area contributed by atoms with E-state index in [4.69, 9.17) is 9.47 Å². The molecule has 6 nitrogen and oxygen atoms in total. The summed E-state index contributed by atoms with van der Waals surface area (Å²) in [5.74, 6) is 1.00. The smallest absolute Gasteiger partial charge is 0.416 e. The van der Waals surface area contributed by atoms with Crippen LogP contribution in [0.2, 0.25) is 0 Å². The first-order valence-electron chi connectivity index (χ1n) is 14.3. The van der Waals surface area contributed by atoms with Crippen molar-refractivity contribution >= 4 is 12.1 Å². The molecule has 9 heteroatoms. The Morgan fingerprint density at radius 2 is 1.95 bits per heavy atom. The predicted molar refractivity (Wildman–Crippen MR) is 143 cm³/mol. The second-order valence-corrected chi connectivity index (χ2v) is 11.6. The quantitative estimate of drug-likeness (QED) is 0.366. The van der Waals surface area contributed by atoms with Gasteiger partial charge in [0.25, 0.3) is 0 Å². The minimum Gasteiger partial charge on any atom is -0.462 e. The number of nitrogens with zero attached hydrogens (tertiary/aromatic N) is 2. The average Bonchev–Trinajstić information content (AvgIpc) is 3.22. The maximum Gasteiger partial charge on any atom is 0.416 e.